The molecule has 0 spiro atoms. The molecule has 27 heavy (non-hydrogen) atoms. The molecule has 1 aromatic carbocycles. The molecule has 1 saturated heterocycles. The molecule has 0 saturated carbocycles. The van der Waals surface area contributed by atoms with Crippen LogP contribution in [0.25, 0.3) is 0 Å². The number of likely N-dealkylation sites (tertiary alicyclic amines) is 1. The summed E-state index contributed by atoms with van der Waals surface area (Å²) >= 11 is 0. The SMILES string of the molecule is Cn1cccc(NC(=O)C2(C(F)(F)F)CCN(Cc3ccccc3)C2)c1=O. The lowest BCUT2D eigenvalue weighted by Gasteiger charge is -2.30. The summed E-state index contributed by atoms with van der Waals surface area (Å²) in [6.07, 6.45) is -3.60. The number of aryl methyl sites for hydroxylation is 1. The van der Waals surface area contributed by atoms with Gasteiger partial charge < -0.3 is 9.88 Å². The van der Waals surface area contributed by atoms with Gasteiger partial charge in [0, 0.05) is 26.3 Å². The van der Waals surface area contributed by atoms with E-state index in [1.54, 1.807) is 4.90 Å². The first kappa shape index (κ1) is 19.2. The maximum Gasteiger partial charge on any atom is 0.404 e. The van der Waals surface area contributed by atoms with Crippen LogP contribution >= 0.6 is 0 Å². The number of hydrogen-bond donors (Lipinski definition) is 1. The normalized spacial score (nSPS) is 20.6. The predicted octanol–water partition coefficient (Wildman–Crippen LogP) is 2.78. The fourth-order valence-electron chi connectivity index (χ4n) is 3.35. The maximum atomic E-state index is 13.9. The van der Waals surface area contributed by atoms with Gasteiger partial charge >= 0.3 is 6.18 Å². The molecule has 1 aliphatic rings. The smallest absolute Gasteiger partial charge is 0.321 e. The van der Waals surface area contributed by atoms with E-state index >= 15 is 0 Å². The van der Waals surface area contributed by atoms with E-state index in [0.717, 1.165) is 5.56 Å². The van der Waals surface area contributed by atoms with Gasteiger partial charge in [0.1, 0.15) is 5.69 Å². The fourth-order valence-corrected chi connectivity index (χ4v) is 3.35. The second-order valence-electron chi connectivity index (χ2n) is 6.82. The quantitative estimate of drug-likeness (QED) is 0.889. The number of anilines is 1. The van der Waals surface area contributed by atoms with E-state index in [2.05, 4.69) is 5.32 Å². The Bertz CT molecular complexity index is 880. The topological polar surface area (TPSA) is 54.3 Å². The van der Waals surface area contributed by atoms with Gasteiger partial charge in [0.25, 0.3) is 5.56 Å². The number of benzene rings is 1. The minimum absolute atomic E-state index is 0.147. The van der Waals surface area contributed by atoms with Gasteiger partial charge in [0.15, 0.2) is 5.41 Å². The Balaban J connectivity index is 1.83. The number of pyridine rings is 1. The van der Waals surface area contributed by atoms with Gasteiger partial charge in [-0.05, 0) is 30.7 Å². The Morgan fingerprint density at radius 1 is 1.19 bits per heavy atom. The zero-order valence-electron chi connectivity index (χ0n) is 14.8. The van der Waals surface area contributed by atoms with E-state index in [0.29, 0.717) is 6.54 Å². The van der Waals surface area contributed by atoms with Crippen molar-refractivity contribution < 1.29 is 18.0 Å². The second kappa shape index (κ2) is 7.19. The standard InChI is InChI=1S/C19H20F3N3O2/c1-24-10-5-8-15(16(24)26)23-17(27)18(19(20,21)22)9-11-25(13-18)12-14-6-3-2-4-7-14/h2-8,10H,9,11-13H2,1H3,(H,23,27). The number of amides is 1. The van der Waals surface area contributed by atoms with Crippen LogP contribution in [0.3, 0.4) is 0 Å². The highest BCUT2D eigenvalue weighted by Crippen LogP contribution is 2.46. The van der Waals surface area contributed by atoms with Crippen molar-refractivity contribution >= 4 is 11.6 Å². The largest absolute Gasteiger partial charge is 0.404 e. The van der Waals surface area contributed by atoms with E-state index < -0.39 is 29.6 Å². The van der Waals surface area contributed by atoms with Crippen molar-refractivity contribution in [2.75, 3.05) is 18.4 Å². The number of halogens is 3. The van der Waals surface area contributed by atoms with Crippen LogP contribution in [0.5, 0.6) is 0 Å². The number of aromatic nitrogens is 1. The van der Waals surface area contributed by atoms with Gasteiger partial charge in [-0.3, -0.25) is 14.5 Å². The zero-order chi connectivity index (χ0) is 19.7. The number of nitrogens with zero attached hydrogens (tertiary/aromatic N) is 2. The van der Waals surface area contributed by atoms with Crippen molar-refractivity contribution in [2.24, 2.45) is 12.5 Å². The molecule has 3 rings (SSSR count). The summed E-state index contributed by atoms with van der Waals surface area (Å²) < 4.78 is 42.9. The molecule has 5 nitrogen and oxygen atoms in total. The molecule has 1 unspecified atom stereocenters. The molecule has 1 atom stereocenters. The molecule has 144 valence electrons. The maximum absolute atomic E-state index is 13.9. The van der Waals surface area contributed by atoms with E-state index in [-0.39, 0.29) is 18.7 Å². The Kier molecular flexibility index (Phi) is 5.10. The molecule has 1 amide bonds. The highest BCUT2D eigenvalue weighted by atomic mass is 19.4. The van der Waals surface area contributed by atoms with Crippen LogP contribution in [0.2, 0.25) is 0 Å². The monoisotopic (exact) mass is 379 g/mol. The highest BCUT2D eigenvalue weighted by molar-refractivity contribution is 5.96. The number of nitrogens with one attached hydrogen (secondary N) is 1. The molecule has 0 bridgehead atoms. The van der Waals surface area contributed by atoms with Gasteiger partial charge in [-0.2, -0.15) is 13.2 Å². The average Bonchev–Trinajstić information content (AvgIpc) is 3.05. The fraction of sp³-hybridized carbons (Fsp3) is 0.368. The summed E-state index contributed by atoms with van der Waals surface area (Å²) in [7, 11) is 1.47. The molecule has 1 aromatic heterocycles. The molecule has 1 fully saturated rings. The first-order valence-corrected chi connectivity index (χ1v) is 8.53. The third-order valence-corrected chi connectivity index (χ3v) is 4.95. The molecular formula is C19H20F3N3O2. The summed E-state index contributed by atoms with van der Waals surface area (Å²) in [4.78, 5) is 26.3. The number of carbonyl (C=O) groups is 1. The van der Waals surface area contributed by atoms with Crippen molar-refractivity contribution in [1.29, 1.82) is 0 Å². The molecule has 0 aliphatic carbocycles. The molecule has 1 aliphatic heterocycles. The van der Waals surface area contributed by atoms with E-state index in [4.69, 9.17) is 0 Å². The third kappa shape index (κ3) is 3.75. The Hall–Kier alpha value is -2.61. The highest BCUT2D eigenvalue weighted by Gasteiger charge is 2.63. The van der Waals surface area contributed by atoms with Crippen molar-refractivity contribution in [3.63, 3.8) is 0 Å². The minimum atomic E-state index is -4.72. The van der Waals surface area contributed by atoms with Crippen molar-refractivity contribution in [3.8, 4) is 0 Å². The first-order chi connectivity index (χ1) is 12.7. The number of rotatable bonds is 4. The van der Waals surface area contributed by atoms with Crippen LogP contribution in [0.1, 0.15) is 12.0 Å². The summed E-state index contributed by atoms with van der Waals surface area (Å²) in [6.45, 7) is 0.0397. The molecule has 2 heterocycles. The Morgan fingerprint density at radius 3 is 2.56 bits per heavy atom. The van der Waals surface area contributed by atoms with Crippen LogP contribution in [0, 0.1) is 5.41 Å². The summed E-state index contributed by atoms with van der Waals surface area (Å²) in [5.74, 6) is -1.19. The van der Waals surface area contributed by atoms with Gasteiger partial charge in [-0.15, -0.1) is 0 Å². The second-order valence-corrected chi connectivity index (χ2v) is 6.82. The van der Waals surface area contributed by atoms with Crippen molar-refractivity contribution in [3.05, 3.63) is 64.6 Å². The van der Waals surface area contributed by atoms with Crippen LogP contribution in [0.4, 0.5) is 18.9 Å². The van der Waals surface area contributed by atoms with Crippen LogP contribution in [0.15, 0.2) is 53.5 Å². The van der Waals surface area contributed by atoms with Gasteiger partial charge in [-0.1, -0.05) is 30.3 Å². The van der Waals surface area contributed by atoms with Gasteiger partial charge in [0.2, 0.25) is 5.91 Å². The summed E-state index contributed by atoms with van der Waals surface area (Å²) in [5.41, 5.74) is -2.37. The Labute approximate surface area is 154 Å². The number of alkyl halides is 3. The average molecular weight is 379 g/mol. The zero-order valence-corrected chi connectivity index (χ0v) is 14.8. The molecule has 1 N–H and O–H groups in total. The van der Waals surface area contributed by atoms with E-state index in [1.165, 1.54) is 29.9 Å². The van der Waals surface area contributed by atoms with Gasteiger partial charge in [0.05, 0.1) is 0 Å². The number of hydrogen-bond acceptors (Lipinski definition) is 3. The molecular weight excluding hydrogens is 359 g/mol. The molecule has 0 radical (unpaired) electrons. The lowest BCUT2D eigenvalue weighted by atomic mass is 9.85. The van der Waals surface area contributed by atoms with Crippen LogP contribution < -0.4 is 10.9 Å². The van der Waals surface area contributed by atoms with E-state index in [1.807, 2.05) is 30.3 Å². The van der Waals surface area contributed by atoms with Crippen molar-refractivity contribution in [1.82, 2.24) is 9.47 Å². The van der Waals surface area contributed by atoms with E-state index in [9.17, 15) is 22.8 Å². The minimum Gasteiger partial charge on any atom is -0.321 e. The lowest BCUT2D eigenvalue weighted by molar-refractivity contribution is -0.215. The first-order valence-electron chi connectivity index (χ1n) is 8.53. The number of carbonyl (C=O) groups excluding carboxylic acids is 1. The van der Waals surface area contributed by atoms with Crippen molar-refractivity contribution in [2.45, 2.75) is 19.1 Å². The summed E-state index contributed by atoms with van der Waals surface area (Å²) in [6, 6.07) is 11.9. The van der Waals surface area contributed by atoms with Crippen LogP contribution in [-0.4, -0.2) is 34.6 Å². The predicted molar refractivity (Wildman–Crippen MR) is 95.1 cm³/mol. The summed E-state index contributed by atoms with van der Waals surface area (Å²) in [5, 5.41) is 2.21. The lowest BCUT2D eigenvalue weighted by Crippen LogP contribution is -2.50. The molecule has 2 aromatic rings. The van der Waals surface area contributed by atoms with Crippen LogP contribution in [-0.2, 0) is 18.4 Å². The van der Waals surface area contributed by atoms with Gasteiger partial charge in [-0.25, -0.2) is 0 Å². The Morgan fingerprint density at radius 2 is 1.89 bits per heavy atom. The molecule has 8 heteroatoms. The third-order valence-electron chi connectivity index (χ3n) is 4.95.